The molecule has 0 aliphatic heterocycles. The number of carbonyl (C=O) groups is 1. The molecule has 1 aromatic carbocycles. The third kappa shape index (κ3) is 4.52. The molecule has 0 saturated carbocycles. The summed E-state index contributed by atoms with van der Waals surface area (Å²) in [6.45, 7) is 4.14. The maximum atomic E-state index is 13.5. The highest BCUT2D eigenvalue weighted by molar-refractivity contribution is 5.78. The smallest absolute Gasteiger partial charge is 0.234 e. The van der Waals surface area contributed by atoms with E-state index in [9.17, 15) is 9.18 Å². The van der Waals surface area contributed by atoms with Crippen LogP contribution in [0.5, 0.6) is 0 Å². The number of nitrogens with zero attached hydrogens (tertiary/aromatic N) is 1. The molecular weight excluding hydrogens is 233 g/mol. The summed E-state index contributed by atoms with van der Waals surface area (Å²) >= 11 is 0. The third-order valence-corrected chi connectivity index (χ3v) is 2.23. The van der Waals surface area contributed by atoms with Gasteiger partial charge in [-0.15, -0.1) is 0 Å². The molecule has 5 heteroatoms. The summed E-state index contributed by atoms with van der Waals surface area (Å²) in [4.78, 5) is 11.3. The van der Waals surface area contributed by atoms with Crippen LogP contribution in [-0.4, -0.2) is 18.5 Å². The van der Waals surface area contributed by atoms with Crippen molar-refractivity contribution in [3.63, 3.8) is 0 Å². The van der Waals surface area contributed by atoms with Crippen molar-refractivity contribution >= 4 is 5.91 Å². The Morgan fingerprint density at radius 1 is 1.50 bits per heavy atom. The van der Waals surface area contributed by atoms with E-state index in [0.29, 0.717) is 5.56 Å². The predicted molar refractivity (Wildman–Crippen MR) is 66.1 cm³/mol. The first-order valence-corrected chi connectivity index (χ1v) is 5.71. The lowest BCUT2D eigenvalue weighted by Gasteiger charge is -2.09. The summed E-state index contributed by atoms with van der Waals surface area (Å²) in [6.07, 6.45) is 0. The number of halogens is 1. The number of hydrogen-bond donors (Lipinski definition) is 2. The van der Waals surface area contributed by atoms with Crippen LogP contribution in [0, 0.1) is 17.1 Å². The van der Waals surface area contributed by atoms with Crippen LogP contribution in [0.3, 0.4) is 0 Å². The van der Waals surface area contributed by atoms with Gasteiger partial charge in [0, 0.05) is 18.2 Å². The molecule has 0 saturated heterocycles. The second-order valence-electron chi connectivity index (χ2n) is 4.24. The van der Waals surface area contributed by atoms with Gasteiger partial charge >= 0.3 is 0 Å². The van der Waals surface area contributed by atoms with Crippen LogP contribution in [0.2, 0.25) is 0 Å². The topological polar surface area (TPSA) is 64.9 Å². The Hall–Kier alpha value is -1.93. The highest BCUT2D eigenvalue weighted by atomic mass is 19.1. The number of benzene rings is 1. The lowest BCUT2D eigenvalue weighted by Crippen LogP contribution is -2.37. The van der Waals surface area contributed by atoms with E-state index in [1.165, 1.54) is 6.07 Å². The van der Waals surface area contributed by atoms with E-state index in [2.05, 4.69) is 10.6 Å². The standard InChI is InChI=1S/C13H16FN3O/c1-9(2)17-13(18)8-16-7-11-4-3-10(6-15)5-12(11)14/h3-5,9,16H,7-8H2,1-2H3,(H,17,18). The van der Waals surface area contributed by atoms with Gasteiger partial charge in [-0.05, 0) is 26.0 Å². The van der Waals surface area contributed by atoms with Crippen LogP contribution >= 0.6 is 0 Å². The molecule has 1 amide bonds. The van der Waals surface area contributed by atoms with Gasteiger partial charge < -0.3 is 10.6 Å². The van der Waals surface area contributed by atoms with E-state index in [-0.39, 0.29) is 30.6 Å². The lowest BCUT2D eigenvalue weighted by molar-refractivity contribution is -0.120. The van der Waals surface area contributed by atoms with Crippen LogP contribution in [-0.2, 0) is 11.3 Å². The molecule has 0 spiro atoms. The van der Waals surface area contributed by atoms with Crippen LogP contribution in [0.15, 0.2) is 18.2 Å². The summed E-state index contributed by atoms with van der Waals surface area (Å²) < 4.78 is 13.5. The molecule has 18 heavy (non-hydrogen) atoms. The van der Waals surface area contributed by atoms with Gasteiger partial charge in [-0.1, -0.05) is 6.07 Å². The fourth-order valence-electron chi connectivity index (χ4n) is 1.44. The molecule has 0 bridgehead atoms. The van der Waals surface area contributed by atoms with Crippen LogP contribution in [0.1, 0.15) is 25.0 Å². The highest BCUT2D eigenvalue weighted by Crippen LogP contribution is 2.09. The highest BCUT2D eigenvalue weighted by Gasteiger charge is 2.05. The number of carbonyl (C=O) groups excluding carboxylic acids is 1. The molecule has 0 aliphatic rings. The molecule has 1 rings (SSSR count). The largest absolute Gasteiger partial charge is 0.353 e. The summed E-state index contributed by atoms with van der Waals surface area (Å²) in [7, 11) is 0. The van der Waals surface area contributed by atoms with E-state index >= 15 is 0 Å². The second-order valence-corrected chi connectivity index (χ2v) is 4.24. The predicted octanol–water partition coefficient (Wildman–Crippen LogP) is 1.31. The fraction of sp³-hybridized carbons (Fsp3) is 0.385. The molecule has 0 fully saturated rings. The SMILES string of the molecule is CC(C)NC(=O)CNCc1ccc(C#N)cc1F. The summed E-state index contributed by atoms with van der Waals surface area (Å²) in [5.74, 6) is -0.565. The molecule has 96 valence electrons. The molecule has 0 aliphatic carbocycles. The third-order valence-electron chi connectivity index (χ3n) is 2.23. The molecular formula is C13H16FN3O. The van der Waals surface area contributed by atoms with Crippen LogP contribution in [0.4, 0.5) is 4.39 Å². The Labute approximate surface area is 106 Å². The maximum absolute atomic E-state index is 13.5. The zero-order chi connectivity index (χ0) is 13.5. The Bertz CT molecular complexity index is 466. The van der Waals surface area contributed by atoms with Crippen molar-refractivity contribution in [3.05, 3.63) is 35.1 Å². The van der Waals surface area contributed by atoms with Crippen molar-refractivity contribution in [1.29, 1.82) is 5.26 Å². The Morgan fingerprint density at radius 3 is 2.78 bits per heavy atom. The number of amides is 1. The van der Waals surface area contributed by atoms with Gasteiger partial charge in [-0.25, -0.2) is 4.39 Å². The molecule has 0 unspecified atom stereocenters. The van der Waals surface area contributed by atoms with E-state index in [1.54, 1.807) is 12.1 Å². The Balaban J connectivity index is 2.45. The zero-order valence-electron chi connectivity index (χ0n) is 10.5. The number of nitriles is 1. The summed E-state index contributed by atoms with van der Waals surface area (Å²) in [5.41, 5.74) is 0.722. The van der Waals surface area contributed by atoms with Gasteiger partial charge in [-0.3, -0.25) is 4.79 Å². The Morgan fingerprint density at radius 2 is 2.22 bits per heavy atom. The molecule has 4 nitrogen and oxygen atoms in total. The number of nitrogens with one attached hydrogen (secondary N) is 2. The van der Waals surface area contributed by atoms with Gasteiger partial charge in [0.1, 0.15) is 5.82 Å². The first kappa shape index (κ1) is 14.1. The average molecular weight is 249 g/mol. The van der Waals surface area contributed by atoms with Crippen molar-refractivity contribution in [2.75, 3.05) is 6.54 Å². The zero-order valence-corrected chi connectivity index (χ0v) is 10.5. The fourth-order valence-corrected chi connectivity index (χ4v) is 1.44. The van der Waals surface area contributed by atoms with Crippen LogP contribution in [0.25, 0.3) is 0 Å². The van der Waals surface area contributed by atoms with Gasteiger partial charge in [0.25, 0.3) is 0 Å². The number of rotatable bonds is 5. The maximum Gasteiger partial charge on any atom is 0.234 e. The second kappa shape index (κ2) is 6.72. The number of hydrogen-bond acceptors (Lipinski definition) is 3. The van der Waals surface area contributed by atoms with Crippen LogP contribution < -0.4 is 10.6 Å². The first-order chi connectivity index (χ1) is 8.52. The van der Waals surface area contributed by atoms with Crippen molar-refractivity contribution in [3.8, 4) is 6.07 Å². The van der Waals surface area contributed by atoms with E-state index in [1.807, 2.05) is 19.9 Å². The summed E-state index contributed by atoms with van der Waals surface area (Å²) in [6, 6.07) is 6.23. The van der Waals surface area contributed by atoms with Crippen molar-refractivity contribution in [1.82, 2.24) is 10.6 Å². The van der Waals surface area contributed by atoms with Gasteiger partial charge in [0.15, 0.2) is 0 Å². The first-order valence-electron chi connectivity index (χ1n) is 5.71. The van der Waals surface area contributed by atoms with Crippen molar-refractivity contribution < 1.29 is 9.18 Å². The van der Waals surface area contributed by atoms with E-state index in [4.69, 9.17) is 5.26 Å². The minimum absolute atomic E-state index is 0.0888. The minimum atomic E-state index is -0.439. The molecule has 0 aromatic heterocycles. The monoisotopic (exact) mass is 249 g/mol. The Kier molecular flexibility index (Phi) is 5.28. The molecule has 1 aromatic rings. The molecule has 2 N–H and O–H groups in total. The van der Waals surface area contributed by atoms with Gasteiger partial charge in [0.2, 0.25) is 5.91 Å². The van der Waals surface area contributed by atoms with Gasteiger partial charge in [0.05, 0.1) is 18.2 Å². The van der Waals surface area contributed by atoms with E-state index < -0.39 is 5.82 Å². The molecule has 0 radical (unpaired) electrons. The van der Waals surface area contributed by atoms with Crippen molar-refractivity contribution in [2.45, 2.75) is 26.4 Å². The molecule has 0 atom stereocenters. The van der Waals surface area contributed by atoms with Crippen molar-refractivity contribution in [2.24, 2.45) is 0 Å². The quantitative estimate of drug-likeness (QED) is 0.827. The average Bonchev–Trinajstić information content (AvgIpc) is 2.30. The van der Waals surface area contributed by atoms with Gasteiger partial charge in [-0.2, -0.15) is 5.26 Å². The lowest BCUT2D eigenvalue weighted by atomic mass is 10.1. The minimum Gasteiger partial charge on any atom is -0.353 e. The van der Waals surface area contributed by atoms with E-state index in [0.717, 1.165) is 0 Å². The summed E-state index contributed by atoms with van der Waals surface area (Å²) in [5, 5.41) is 14.2. The molecule has 0 heterocycles. The normalized spacial score (nSPS) is 10.2.